The van der Waals surface area contributed by atoms with Gasteiger partial charge in [0.05, 0.1) is 0 Å². The maximum Gasteiger partial charge on any atom is 0.572 e. The van der Waals surface area contributed by atoms with Crippen molar-refractivity contribution in [3.63, 3.8) is 0 Å². The molecule has 0 heterocycles. The van der Waals surface area contributed by atoms with E-state index >= 15 is 0 Å². The van der Waals surface area contributed by atoms with Gasteiger partial charge in [-0.1, -0.05) is 23.8 Å². The third-order valence-electron chi connectivity index (χ3n) is 1.73. The van der Waals surface area contributed by atoms with Crippen molar-refractivity contribution in [3.05, 3.63) is 35.6 Å². The highest BCUT2D eigenvalue weighted by molar-refractivity contribution is 5.21. The summed E-state index contributed by atoms with van der Waals surface area (Å²) >= 11 is 0. The fourth-order valence-corrected chi connectivity index (χ4v) is 1.12. The summed E-state index contributed by atoms with van der Waals surface area (Å²) < 4.78 is 39.4. The van der Waals surface area contributed by atoms with Gasteiger partial charge in [-0.3, -0.25) is 0 Å². The summed E-state index contributed by atoms with van der Waals surface area (Å²) in [7, 11) is 0. The van der Waals surface area contributed by atoms with Crippen molar-refractivity contribution in [3.8, 4) is 0 Å². The fraction of sp³-hybridized carbons (Fsp3) is 0.400. The Morgan fingerprint density at radius 3 is 2.64 bits per heavy atom. The Balaban J connectivity index is 2.64. The van der Waals surface area contributed by atoms with E-state index in [2.05, 4.69) is 4.74 Å². The van der Waals surface area contributed by atoms with Crippen molar-refractivity contribution in [2.75, 3.05) is 0 Å². The number of allylic oxidation sites excluding steroid dienone is 5. The second-order valence-electron chi connectivity index (χ2n) is 3.01. The van der Waals surface area contributed by atoms with Crippen LogP contribution in [0.25, 0.3) is 0 Å². The lowest BCUT2D eigenvalue weighted by atomic mass is 10.1. The minimum atomic E-state index is -4.59. The molecule has 0 atom stereocenters. The summed E-state index contributed by atoms with van der Waals surface area (Å²) in [5.41, 5.74) is 1.05. The van der Waals surface area contributed by atoms with Gasteiger partial charge < -0.3 is 4.74 Å². The largest absolute Gasteiger partial charge is 0.572 e. The van der Waals surface area contributed by atoms with E-state index in [-0.39, 0.29) is 12.2 Å². The number of ether oxygens (including phenoxy) is 1. The first-order chi connectivity index (χ1) is 6.47. The molecule has 1 aliphatic rings. The van der Waals surface area contributed by atoms with Gasteiger partial charge in [-0.2, -0.15) is 0 Å². The summed E-state index contributed by atoms with van der Waals surface area (Å²) in [5, 5.41) is 0. The smallest absolute Gasteiger partial charge is 0.410 e. The molecule has 0 bridgehead atoms. The van der Waals surface area contributed by atoms with Crippen LogP contribution in [0, 0.1) is 0 Å². The van der Waals surface area contributed by atoms with Crippen LogP contribution in [0.4, 0.5) is 13.2 Å². The third-order valence-corrected chi connectivity index (χ3v) is 1.73. The van der Waals surface area contributed by atoms with Crippen LogP contribution in [-0.4, -0.2) is 6.36 Å². The maximum atomic E-state index is 11.8. The van der Waals surface area contributed by atoms with Gasteiger partial charge in [0.25, 0.3) is 0 Å². The highest BCUT2D eigenvalue weighted by atomic mass is 19.4. The van der Waals surface area contributed by atoms with Gasteiger partial charge in [0, 0.05) is 6.42 Å². The normalized spacial score (nSPS) is 27.7. The van der Waals surface area contributed by atoms with Crippen LogP contribution < -0.4 is 0 Å². The highest BCUT2D eigenvalue weighted by Crippen LogP contribution is 2.24. The summed E-state index contributed by atoms with van der Waals surface area (Å²) in [4.78, 5) is 0. The van der Waals surface area contributed by atoms with Crippen molar-refractivity contribution in [2.24, 2.45) is 0 Å². The predicted molar refractivity (Wildman–Crippen MR) is 47.4 cm³/mol. The van der Waals surface area contributed by atoms with Crippen molar-refractivity contribution in [2.45, 2.75) is 26.1 Å². The van der Waals surface area contributed by atoms with E-state index in [4.69, 9.17) is 0 Å². The first kappa shape index (κ1) is 10.9. The zero-order chi connectivity index (χ0) is 10.6. The van der Waals surface area contributed by atoms with E-state index in [0.717, 1.165) is 5.57 Å². The van der Waals surface area contributed by atoms with Gasteiger partial charge in [-0.15, -0.1) is 13.2 Å². The van der Waals surface area contributed by atoms with Gasteiger partial charge in [-0.05, 0) is 19.4 Å². The number of hydrogen-bond acceptors (Lipinski definition) is 1. The number of hydrogen-bond donors (Lipinski definition) is 0. The SMILES string of the molecule is CC1=C/C/C=C(/OC(F)(F)F)C/C=C\1. The molecular formula is C10H11F3O. The zero-order valence-corrected chi connectivity index (χ0v) is 7.77. The quantitative estimate of drug-likeness (QED) is 0.632. The van der Waals surface area contributed by atoms with E-state index in [1.165, 1.54) is 6.08 Å². The average molecular weight is 204 g/mol. The summed E-state index contributed by atoms with van der Waals surface area (Å²) in [6.45, 7) is 1.90. The first-order valence-electron chi connectivity index (χ1n) is 4.25. The summed E-state index contributed by atoms with van der Waals surface area (Å²) in [5.74, 6) is -0.0440. The van der Waals surface area contributed by atoms with Gasteiger partial charge in [0.1, 0.15) is 5.76 Å². The van der Waals surface area contributed by atoms with Crippen LogP contribution in [0.5, 0.6) is 0 Å². The minimum absolute atomic E-state index is 0.0440. The maximum absolute atomic E-state index is 11.8. The standard InChI is InChI=1S/C10H11F3O/c1-8-4-2-6-9(7-3-5-8)14-10(11,12)13/h2,4-5,7H,3,6H2,1H3/b4-2-,8-5-,9-7+. The number of alkyl halides is 3. The van der Waals surface area contributed by atoms with E-state index in [9.17, 15) is 13.2 Å². The van der Waals surface area contributed by atoms with Crippen molar-refractivity contribution >= 4 is 0 Å². The molecule has 0 radical (unpaired) electrons. The van der Waals surface area contributed by atoms with Crippen molar-refractivity contribution in [1.82, 2.24) is 0 Å². The van der Waals surface area contributed by atoms with Gasteiger partial charge in [-0.25, -0.2) is 0 Å². The molecule has 0 N–H and O–H groups in total. The molecule has 78 valence electrons. The van der Waals surface area contributed by atoms with Crippen LogP contribution in [0.1, 0.15) is 19.8 Å². The van der Waals surface area contributed by atoms with E-state index in [1.807, 2.05) is 13.0 Å². The Labute approximate surface area is 80.6 Å². The molecule has 1 rings (SSSR count). The van der Waals surface area contributed by atoms with Crippen LogP contribution in [0.2, 0.25) is 0 Å². The molecule has 0 aromatic carbocycles. The Bertz CT molecular complexity index is 284. The molecule has 0 aliphatic heterocycles. The Hall–Kier alpha value is -1.19. The van der Waals surface area contributed by atoms with Crippen molar-refractivity contribution in [1.29, 1.82) is 0 Å². The lowest BCUT2D eigenvalue weighted by Crippen LogP contribution is -2.12. The summed E-state index contributed by atoms with van der Waals surface area (Å²) in [6, 6.07) is 0. The molecule has 14 heavy (non-hydrogen) atoms. The molecule has 0 aromatic rings. The molecule has 0 saturated carbocycles. The van der Waals surface area contributed by atoms with E-state index < -0.39 is 6.36 Å². The minimum Gasteiger partial charge on any atom is -0.410 e. The van der Waals surface area contributed by atoms with Crippen LogP contribution >= 0.6 is 0 Å². The Morgan fingerprint density at radius 1 is 1.29 bits per heavy atom. The Kier molecular flexibility index (Phi) is 3.38. The summed E-state index contributed by atoms with van der Waals surface area (Å²) in [6.07, 6.45) is 2.80. The van der Waals surface area contributed by atoms with Crippen LogP contribution in [0.3, 0.4) is 0 Å². The topological polar surface area (TPSA) is 9.23 Å². The molecule has 0 spiro atoms. The molecule has 1 aliphatic carbocycles. The molecule has 0 aromatic heterocycles. The third kappa shape index (κ3) is 4.16. The van der Waals surface area contributed by atoms with Gasteiger partial charge >= 0.3 is 6.36 Å². The Morgan fingerprint density at radius 2 is 2.00 bits per heavy atom. The molecule has 0 fully saturated rings. The molecule has 1 nitrogen and oxygen atoms in total. The van der Waals surface area contributed by atoms with Crippen molar-refractivity contribution < 1.29 is 17.9 Å². The van der Waals surface area contributed by atoms with E-state index in [0.29, 0.717) is 6.42 Å². The number of rotatable bonds is 1. The average Bonchev–Trinajstić information content (AvgIpc) is 1.97. The van der Waals surface area contributed by atoms with Crippen LogP contribution in [-0.2, 0) is 4.74 Å². The van der Waals surface area contributed by atoms with Gasteiger partial charge in [0.2, 0.25) is 0 Å². The molecular weight excluding hydrogens is 193 g/mol. The first-order valence-corrected chi connectivity index (χ1v) is 4.25. The molecule has 0 unspecified atom stereocenters. The molecule has 0 amide bonds. The second kappa shape index (κ2) is 4.35. The lowest BCUT2D eigenvalue weighted by Gasteiger charge is -2.11. The molecule has 4 heteroatoms. The highest BCUT2D eigenvalue weighted by Gasteiger charge is 2.31. The predicted octanol–water partition coefficient (Wildman–Crippen LogP) is 3.70. The fourth-order valence-electron chi connectivity index (χ4n) is 1.12. The monoisotopic (exact) mass is 204 g/mol. The second-order valence-corrected chi connectivity index (χ2v) is 3.01. The van der Waals surface area contributed by atoms with Gasteiger partial charge in [0.15, 0.2) is 0 Å². The molecule has 0 saturated heterocycles. The lowest BCUT2D eigenvalue weighted by molar-refractivity contribution is -0.306. The number of halogens is 3. The van der Waals surface area contributed by atoms with Crippen LogP contribution in [0.15, 0.2) is 35.6 Å². The zero-order valence-electron chi connectivity index (χ0n) is 7.77. The van der Waals surface area contributed by atoms with E-state index in [1.54, 1.807) is 12.2 Å².